The first-order valence-electron chi connectivity index (χ1n) is 6.02. The number of hydrogen-bond acceptors (Lipinski definition) is 2. The van der Waals surface area contributed by atoms with E-state index in [0.717, 1.165) is 6.54 Å². The Morgan fingerprint density at radius 1 is 1.50 bits per heavy atom. The van der Waals surface area contributed by atoms with E-state index < -0.39 is 0 Å². The molecule has 0 amide bonds. The van der Waals surface area contributed by atoms with Gasteiger partial charge in [0, 0.05) is 24.5 Å². The van der Waals surface area contributed by atoms with Crippen LogP contribution in [-0.2, 0) is 0 Å². The van der Waals surface area contributed by atoms with Crippen molar-refractivity contribution >= 4 is 24.0 Å². The Labute approximate surface area is 118 Å². The zero-order valence-electron chi connectivity index (χ0n) is 10.3. The van der Waals surface area contributed by atoms with Gasteiger partial charge in [0.15, 0.2) is 0 Å². The van der Waals surface area contributed by atoms with Gasteiger partial charge in [-0.2, -0.15) is 0 Å². The Morgan fingerprint density at radius 2 is 2.17 bits per heavy atom. The molecule has 2 atom stereocenters. The van der Waals surface area contributed by atoms with Crippen molar-refractivity contribution in [3.63, 3.8) is 0 Å². The second-order valence-corrected chi connectivity index (χ2v) is 5.19. The molecule has 0 radical (unpaired) electrons. The Morgan fingerprint density at radius 3 is 2.78 bits per heavy atom. The standard InChI is InChI=1S/C13H18ClFN2.ClH/c1-8(12(16)7-17-9-5-6-9)10-3-2-4-11(14)13(10)15;/h2-4,8-9,12,17H,5-7,16H2,1H3;1H. The van der Waals surface area contributed by atoms with E-state index in [-0.39, 0.29) is 35.2 Å². The van der Waals surface area contributed by atoms with Crippen LogP contribution in [0.5, 0.6) is 0 Å². The van der Waals surface area contributed by atoms with E-state index in [1.165, 1.54) is 12.8 Å². The average molecular weight is 293 g/mol. The minimum Gasteiger partial charge on any atom is -0.326 e. The van der Waals surface area contributed by atoms with Crippen LogP contribution in [-0.4, -0.2) is 18.6 Å². The highest BCUT2D eigenvalue weighted by Crippen LogP contribution is 2.26. The highest BCUT2D eigenvalue weighted by Gasteiger charge is 2.24. The molecule has 1 aromatic rings. The summed E-state index contributed by atoms with van der Waals surface area (Å²) in [7, 11) is 0. The molecule has 5 heteroatoms. The second-order valence-electron chi connectivity index (χ2n) is 4.78. The number of halogens is 3. The molecule has 1 fully saturated rings. The van der Waals surface area contributed by atoms with E-state index in [2.05, 4.69) is 5.32 Å². The zero-order valence-corrected chi connectivity index (χ0v) is 11.9. The van der Waals surface area contributed by atoms with Gasteiger partial charge in [-0.25, -0.2) is 4.39 Å². The van der Waals surface area contributed by atoms with Crippen LogP contribution in [0.3, 0.4) is 0 Å². The molecule has 3 N–H and O–H groups in total. The lowest BCUT2D eigenvalue weighted by Crippen LogP contribution is -2.39. The van der Waals surface area contributed by atoms with Crippen molar-refractivity contribution in [2.24, 2.45) is 5.73 Å². The third-order valence-corrected chi connectivity index (χ3v) is 3.63. The lowest BCUT2D eigenvalue weighted by molar-refractivity contribution is 0.491. The molecule has 1 aliphatic rings. The molecule has 1 saturated carbocycles. The van der Waals surface area contributed by atoms with E-state index in [0.29, 0.717) is 11.6 Å². The fraction of sp³-hybridized carbons (Fsp3) is 0.538. The molecule has 1 aromatic carbocycles. The molecule has 2 rings (SSSR count). The van der Waals surface area contributed by atoms with Crippen LogP contribution >= 0.6 is 24.0 Å². The molecular formula is C13H19Cl2FN2. The normalized spacial score (nSPS) is 18.0. The number of rotatable bonds is 5. The van der Waals surface area contributed by atoms with Crippen molar-refractivity contribution in [2.75, 3.05) is 6.54 Å². The molecule has 0 bridgehead atoms. The third kappa shape index (κ3) is 3.82. The summed E-state index contributed by atoms with van der Waals surface area (Å²) in [5, 5.41) is 3.52. The fourth-order valence-electron chi connectivity index (χ4n) is 1.87. The van der Waals surface area contributed by atoms with Gasteiger partial charge in [0.25, 0.3) is 0 Å². The lowest BCUT2D eigenvalue weighted by atomic mass is 9.93. The lowest BCUT2D eigenvalue weighted by Gasteiger charge is -2.21. The van der Waals surface area contributed by atoms with E-state index >= 15 is 0 Å². The number of benzene rings is 1. The summed E-state index contributed by atoms with van der Waals surface area (Å²) in [6.07, 6.45) is 2.46. The highest BCUT2D eigenvalue weighted by atomic mass is 35.5. The van der Waals surface area contributed by atoms with Crippen LogP contribution in [0.1, 0.15) is 31.2 Å². The van der Waals surface area contributed by atoms with Crippen LogP contribution in [0.15, 0.2) is 18.2 Å². The van der Waals surface area contributed by atoms with Crippen molar-refractivity contribution in [1.29, 1.82) is 0 Å². The summed E-state index contributed by atoms with van der Waals surface area (Å²) < 4.78 is 13.8. The molecule has 0 spiro atoms. The Balaban J connectivity index is 0.00000162. The molecule has 18 heavy (non-hydrogen) atoms. The van der Waals surface area contributed by atoms with E-state index in [4.69, 9.17) is 17.3 Å². The van der Waals surface area contributed by atoms with Gasteiger partial charge >= 0.3 is 0 Å². The summed E-state index contributed by atoms with van der Waals surface area (Å²) in [5.41, 5.74) is 6.67. The number of nitrogens with one attached hydrogen (secondary N) is 1. The minimum absolute atomic E-state index is 0. The van der Waals surface area contributed by atoms with Crippen LogP contribution in [0, 0.1) is 5.82 Å². The van der Waals surface area contributed by atoms with Gasteiger partial charge in [0.1, 0.15) is 5.82 Å². The Bertz CT molecular complexity index is 397. The van der Waals surface area contributed by atoms with Crippen molar-refractivity contribution in [3.05, 3.63) is 34.6 Å². The van der Waals surface area contributed by atoms with Crippen molar-refractivity contribution in [2.45, 2.75) is 37.8 Å². The van der Waals surface area contributed by atoms with Gasteiger partial charge in [-0.05, 0) is 24.5 Å². The fourth-order valence-corrected chi connectivity index (χ4v) is 2.05. The van der Waals surface area contributed by atoms with Gasteiger partial charge in [0.05, 0.1) is 5.02 Å². The summed E-state index contributed by atoms with van der Waals surface area (Å²) in [6.45, 7) is 2.66. The van der Waals surface area contributed by atoms with Crippen molar-refractivity contribution < 1.29 is 4.39 Å². The molecule has 0 aromatic heterocycles. The quantitative estimate of drug-likeness (QED) is 0.875. The van der Waals surface area contributed by atoms with Crippen LogP contribution in [0.25, 0.3) is 0 Å². The highest BCUT2D eigenvalue weighted by molar-refractivity contribution is 6.30. The molecule has 0 heterocycles. The third-order valence-electron chi connectivity index (χ3n) is 3.33. The molecular weight excluding hydrogens is 274 g/mol. The maximum absolute atomic E-state index is 13.8. The Hall–Kier alpha value is -0.350. The maximum atomic E-state index is 13.8. The first kappa shape index (κ1) is 15.7. The first-order valence-corrected chi connectivity index (χ1v) is 6.40. The number of hydrogen-bond donors (Lipinski definition) is 2. The monoisotopic (exact) mass is 292 g/mol. The van der Waals surface area contributed by atoms with Gasteiger partial charge in [-0.3, -0.25) is 0 Å². The zero-order chi connectivity index (χ0) is 12.4. The van der Waals surface area contributed by atoms with Crippen LogP contribution in [0.2, 0.25) is 5.02 Å². The largest absolute Gasteiger partial charge is 0.326 e. The van der Waals surface area contributed by atoms with E-state index in [9.17, 15) is 4.39 Å². The summed E-state index contributed by atoms with van der Waals surface area (Å²) in [5.74, 6) is -0.386. The van der Waals surface area contributed by atoms with Crippen LogP contribution in [0.4, 0.5) is 4.39 Å². The first-order chi connectivity index (χ1) is 8.09. The van der Waals surface area contributed by atoms with Gasteiger partial charge in [-0.15, -0.1) is 12.4 Å². The summed E-state index contributed by atoms with van der Waals surface area (Å²) in [6, 6.07) is 5.60. The SMILES string of the molecule is CC(c1cccc(Cl)c1F)C(N)CNC1CC1.Cl. The molecule has 2 nitrogen and oxygen atoms in total. The maximum Gasteiger partial charge on any atom is 0.145 e. The minimum atomic E-state index is -0.344. The van der Waals surface area contributed by atoms with Crippen molar-refractivity contribution in [1.82, 2.24) is 5.32 Å². The molecule has 102 valence electrons. The second kappa shape index (κ2) is 6.71. The number of nitrogens with two attached hydrogens (primary N) is 1. The molecule has 0 saturated heterocycles. The predicted molar refractivity (Wildman–Crippen MR) is 76.1 cm³/mol. The average Bonchev–Trinajstić information content (AvgIpc) is 3.12. The van der Waals surface area contributed by atoms with Gasteiger partial charge < -0.3 is 11.1 Å². The van der Waals surface area contributed by atoms with E-state index in [1.54, 1.807) is 18.2 Å². The summed E-state index contributed by atoms with van der Waals surface area (Å²) in [4.78, 5) is 0. The molecule has 2 unspecified atom stereocenters. The smallest absolute Gasteiger partial charge is 0.145 e. The van der Waals surface area contributed by atoms with Crippen LogP contribution < -0.4 is 11.1 Å². The van der Waals surface area contributed by atoms with E-state index in [1.807, 2.05) is 6.92 Å². The summed E-state index contributed by atoms with van der Waals surface area (Å²) >= 11 is 5.77. The Kier molecular flexibility index (Phi) is 5.86. The van der Waals surface area contributed by atoms with Gasteiger partial charge in [-0.1, -0.05) is 30.7 Å². The predicted octanol–water partition coefficient (Wildman–Crippen LogP) is 3.08. The molecule has 0 aliphatic heterocycles. The topological polar surface area (TPSA) is 38.0 Å². The van der Waals surface area contributed by atoms with Crippen molar-refractivity contribution in [3.8, 4) is 0 Å². The molecule has 1 aliphatic carbocycles. The van der Waals surface area contributed by atoms with Gasteiger partial charge in [0.2, 0.25) is 0 Å².